The third-order valence-electron chi connectivity index (χ3n) is 4.85. The summed E-state index contributed by atoms with van der Waals surface area (Å²) in [4.78, 5) is 29.3. The Labute approximate surface area is 170 Å². The van der Waals surface area contributed by atoms with Gasteiger partial charge in [-0.15, -0.1) is 0 Å². The van der Waals surface area contributed by atoms with Gasteiger partial charge in [-0.2, -0.15) is 0 Å². The molecule has 1 atom stereocenters. The number of Topliss-reactive ketones (excluding diaryl/α,β-unsaturated/α-hetero) is 1. The van der Waals surface area contributed by atoms with Gasteiger partial charge in [0.25, 0.3) is 0 Å². The number of carbonyl (C=O) groups excluding carboxylic acids is 2. The Kier molecular flexibility index (Phi) is 6.34. The molecule has 1 heterocycles. The number of nitrogens with two attached hydrogens (primary N) is 1. The maximum Gasteiger partial charge on any atom is 0.249 e. The fraction of sp³-hybridized carbons (Fsp3) is 0.217. The number of nitrogens with one attached hydrogen (secondary N) is 2. The van der Waals surface area contributed by atoms with Crippen LogP contribution in [0.15, 0.2) is 71.2 Å². The Morgan fingerprint density at radius 3 is 2.48 bits per heavy atom. The molecule has 0 fully saturated rings. The molecule has 3 rings (SSSR count). The topological polar surface area (TPSA) is 108 Å². The summed E-state index contributed by atoms with van der Waals surface area (Å²) in [5.74, 6) is -0.271. The molecule has 0 radical (unpaired) electrons. The van der Waals surface area contributed by atoms with Crippen molar-refractivity contribution in [1.29, 1.82) is 5.41 Å². The van der Waals surface area contributed by atoms with Gasteiger partial charge in [0.05, 0.1) is 18.3 Å². The molecular weight excluding hydrogens is 364 g/mol. The lowest BCUT2D eigenvalue weighted by Gasteiger charge is -2.13. The van der Waals surface area contributed by atoms with Crippen molar-refractivity contribution in [1.82, 2.24) is 5.32 Å². The zero-order valence-electron chi connectivity index (χ0n) is 16.3. The number of benzene rings is 2. The van der Waals surface area contributed by atoms with E-state index < -0.39 is 6.04 Å². The SMILES string of the molecule is C[C@H](NC(=O)C1=CC(c2ccccc2)=NC1)C(=O)CCc1ccc(C(=N)N)cc1. The highest BCUT2D eigenvalue weighted by atomic mass is 16.2. The quantitative estimate of drug-likeness (QED) is 0.477. The van der Waals surface area contributed by atoms with Crippen LogP contribution in [-0.4, -0.2) is 35.8 Å². The molecule has 2 aromatic rings. The van der Waals surface area contributed by atoms with Gasteiger partial charge in [0.15, 0.2) is 5.78 Å². The number of aryl methyl sites for hydroxylation is 1. The highest BCUT2D eigenvalue weighted by Gasteiger charge is 2.21. The maximum atomic E-state index is 12.5. The van der Waals surface area contributed by atoms with Crippen LogP contribution in [0.1, 0.15) is 30.0 Å². The summed E-state index contributed by atoms with van der Waals surface area (Å²) < 4.78 is 0. The summed E-state index contributed by atoms with van der Waals surface area (Å²) in [5.41, 5.74) is 9.39. The van der Waals surface area contributed by atoms with E-state index in [0.29, 0.717) is 30.5 Å². The van der Waals surface area contributed by atoms with Crippen LogP contribution in [0.5, 0.6) is 0 Å². The summed E-state index contributed by atoms with van der Waals surface area (Å²) >= 11 is 0. The fourth-order valence-electron chi connectivity index (χ4n) is 3.05. The van der Waals surface area contributed by atoms with E-state index in [1.807, 2.05) is 42.5 Å². The third-order valence-corrected chi connectivity index (χ3v) is 4.85. The fourth-order valence-corrected chi connectivity index (χ4v) is 3.05. The number of amidine groups is 1. The number of hydrogen-bond acceptors (Lipinski definition) is 4. The molecule has 6 heteroatoms. The van der Waals surface area contributed by atoms with E-state index in [2.05, 4.69) is 10.3 Å². The lowest BCUT2D eigenvalue weighted by Crippen LogP contribution is -2.39. The van der Waals surface area contributed by atoms with Crippen molar-refractivity contribution in [2.45, 2.75) is 25.8 Å². The minimum Gasteiger partial charge on any atom is -0.384 e. The molecule has 1 aliphatic heterocycles. The van der Waals surface area contributed by atoms with E-state index in [-0.39, 0.29) is 17.5 Å². The normalized spacial score (nSPS) is 14.0. The van der Waals surface area contributed by atoms with Gasteiger partial charge in [0, 0.05) is 17.6 Å². The average Bonchev–Trinajstić information content (AvgIpc) is 3.23. The van der Waals surface area contributed by atoms with E-state index in [1.165, 1.54) is 0 Å². The van der Waals surface area contributed by atoms with Crippen LogP contribution in [0, 0.1) is 5.41 Å². The second-order valence-electron chi connectivity index (χ2n) is 7.01. The molecule has 0 saturated carbocycles. The van der Waals surface area contributed by atoms with Gasteiger partial charge in [-0.25, -0.2) is 0 Å². The maximum absolute atomic E-state index is 12.5. The Morgan fingerprint density at radius 2 is 1.83 bits per heavy atom. The summed E-state index contributed by atoms with van der Waals surface area (Å²) in [6.45, 7) is 2.02. The molecule has 1 aliphatic rings. The van der Waals surface area contributed by atoms with E-state index in [9.17, 15) is 9.59 Å². The molecule has 0 bridgehead atoms. The third kappa shape index (κ3) is 5.25. The van der Waals surface area contributed by atoms with Crippen LogP contribution in [0.2, 0.25) is 0 Å². The predicted molar refractivity (Wildman–Crippen MR) is 114 cm³/mol. The Morgan fingerprint density at radius 1 is 1.14 bits per heavy atom. The van der Waals surface area contributed by atoms with Gasteiger partial charge in [-0.05, 0) is 30.5 Å². The van der Waals surface area contributed by atoms with Gasteiger partial charge >= 0.3 is 0 Å². The molecule has 2 aromatic carbocycles. The Bertz CT molecular complexity index is 976. The van der Waals surface area contributed by atoms with E-state index in [1.54, 1.807) is 25.1 Å². The molecular formula is C23H24N4O2. The number of carbonyl (C=O) groups is 2. The lowest BCUT2D eigenvalue weighted by molar-refractivity contribution is -0.125. The summed E-state index contributed by atoms with van der Waals surface area (Å²) in [5, 5.41) is 10.2. The molecule has 0 aliphatic carbocycles. The molecule has 6 nitrogen and oxygen atoms in total. The zero-order valence-corrected chi connectivity index (χ0v) is 16.3. The van der Waals surface area contributed by atoms with Crippen LogP contribution >= 0.6 is 0 Å². The molecule has 148 valence electrons. The van der Waals surface area contributed by atoms with Crippen LogP contribution < -0.4 is 11.1 Å². The van der Waals surface area contributed by atoms with Crippen molar-refractivity contribution < 1.29 is 9.59 Å². The van der Waals surface area contributed by atoms with Crippen molar-refractivity contribution in [2.24, 2.45) is 10.7 Å². The number of rotatable bonds is 8. The standard InChI is InChI=1S/C23H24N4O2/c1-15(21(28)12-9-16-7-10-18(11-8-16)22(24)25)27-23(29)19-13-20(26-14-19)17-5-3-2-4-6-17/h2-8,10-11,13,15H,9,12,14H2,1H3,(H3,24,25)(H,27,29)/t15-/m0/s1. The molecule has 0 saturated heterocycles. The van der Waals surface area contributed by atoms with E-state index >= 15 is 0 Å². The second-order valence-corrected chi connectivity index (χ2v) is 7.01. The van der Waals surface area contributed by atoms with Gasteiger partial charge in [-0.3, -0.25) is 20.0 Å². The molecule has 0 aromatic heterocycles. The summed E-state index contributed by atoms with van der Waals surface area (Å²) in [6.07, 6.45) is 2.67. The highest BCUT2D eigenvalue weighted by Crippen LogP contribution is 2.13. The van der Waals surface area contributed by atoms with Crippen LogP contribution in [0.3, 0.4) is 0 Å². The van der Waals surface area contributed by atoms with Gasteiger partial charge in [0.1, 0.15) is 5.84 Å². The molecule has 4 N–H and O–H groups in total. The van der Waals surface area contributed by atoms with Crippen LogP contribution in [0.4, 0.5) is 0 Å². The van der Waals surface area contributed by atoms with Crippen molar-refractivity contribution in [2.75, 3.05) is 6.54 Å². The predicted octanol–water partition coefficient (Wildman–Crippen LogP) is 2.41. The Hall–Kier alpha value is -3.54. The van der Waals surface area contributed by atoms with Crippen molar-refractivity contribution >= 4 is 23.2 Å². The van der Waals surface area contributed by atoms with Crippen LogP contribution in [0.25, 0.3) is 0 Å². The first-order chi connectivity index (χ1) is 13.9. The van der Waals surface area contributed by atoms with Crippen molar-refractivity contribution in [3.05, 3.63) is 82.9 Å². The number of hydrogen-bond donors (Lipinski definition) is 3. The number of nitrogens with zero attached hydrogens (tertiary/aromatic N) is 1. The van der Waals surface area contributed by atoms with Crippen molar-refractivity contribution in [3.63, 3.8) is 0 Å². The zero-order chi connectivity index (χ0) is 20.8. The molecule has 1 amide bonds. The number of amides is 1. The molecule has 0 unspecified atom stereocenters. The van der Waals surface area contributed by atoms with E-state index in [4.69, 9.17) is 11.1 Å². The van der Waals surface area contributed by atoms with E-state index in [0.717, 1.165) is 16.8 Å². The summed E-state index contributed by atoms with van der Waals surface area (Å²) in [6, 6.07) is 16.4. The first-order valence-corrected chi connectivity index (χ1v) is 9.51. The van der Waals surface area contributed by atoms with Crippen molar-refractivity contribution in [3.8, 4) is 0 Å². The van der Waals surface area contributed by atoms with Crippen LogP contribution in [-0.2, 0) is 16.0 Å². The smallest absolute Gasteiger partial charge is 0.249 e. The van der Waals surface area contributed by atoms with Gasteiger partial charge in [0.2, 0.25) is 5.91 Å². The first kappa shape index (κ1) is 20.2. The van der Waals surface area contributed by atoms with Gasteiger partial charge in [-0.1, -0.05) is 54.6 Å². The lowest BCUT2D eigenvalue weighted by atomic mass is 10.0. The number of ketones is 1. The number of nitrogen functional groups attached to an aromatic ring is 1. The molecule has 0 spiro atoms. The highest BCUT2D eigenvalue weighted by molar-refractivity contribution is 6.15. The first-order valence-electron chi connectivity index (χ1n) is 9.51. The monoisotopic (exact) mass is 388 g/mol. The largest absolute Gasteiger partial charge is 0.384 e. The van der Waals surface area contributed by atoms with Gasteiger partial charge < -0.3 is 11.1 Å². The average molecular weight is 388 g/mol. The minimum absolute atomic E-state index is 0.0181. The number of allylic oxidation sites excluding steroid dienone is 1. The second kappa shape index (κ2) is 9.10. The summed E-state index contributed by atoms with van der Waals surface area (Å²) in [7, 11) is 0. The molecule has 29 heavy (non-hydrogen) atoms. The number of aliphatic imine (C=N–C) groups is 1. The minimum atomic E-state index is -0.569. The Balaban J connectivity index is 1.50.